The molecule has 0 radical (unpaired) electrons. The van der Waals surface area contributed by atoms with Gasteiger partial charge in [-0.3, -0.25) is 0 Å². The highest BCUT2D eigenvalue weighted by Crippen LogP contribution is 2.30. The number of aryl methyl sites for hydroxylation is 1. The molecule has 0 saturated heterocycles. The van der Waals surface area contributed by atoms with Crippen molar-refractivity contribution in [2.45, 2.75) is 65.7 Å². The van der Waals surface area contributed by atoms with Crippen molar-refractivity contribution in [2.75, 3.05) is 0 Å². The summed E-state index contributed by atoms with van der Waals surface area (Å²) in [5.74, 6) is 0. The van der Waals surface area contributed by atoms with Crippen LogP contribution in [0.15, 0.2) is 18.2 Å². The molecule has 0 spiro atoms. The maximum absolute atomic E-state index is 2.37. The molecule has 0 aromatic heterocycles. The van der Waals surface area contributed by atoms with E-state index in [9.17, 15) is 0 Å². The standard InChI is InChI=1S/C16H26/c1-8-12-9-13(15(2,3)4)11-14(10-12)16(5,6)7/h9-11H,8H2,1-7H3. The Hall–Kier alpha value is -0.780. The minimum Gasteiger partial charge on any atom is -0.0613 e. The lowest BCUT2D eigenvalue weighted by Crippen LogP contribution is -2.16. The van der Waals surface area contributed by atoms with Crippen LogP contribution in [-0.2, 0) is 17.3 Å². The molecule has 0 aliphatic carbocycles. The Kier molecular flexibility index (Phi) is 3.52. The Labute approximate surface area is 101 Å². The second-order valence-corrected chi connectivity index (χ2v) is 6.77. The van der Waals surface area contributed by atoms with E-state index in [1.807, 2.05) is 0 Å². The van der Waals surface area contributed by atoms with Crippen LogP contribution in [0.4, 0.5) is 0 Å². The van der Waals surface area contributed by atoms with Crippen molar-refractivity contribution in [1.82, 2.24) is 0 Å². The molecule has 0 fully saturated rings. The zero-order valence-electron chi connectivity index (χ0n) is 11.9. The van der Waals surface area contributed by atoms with Crippen molar-refractivity contribution in [3.63, 3.8) is 0 Å². The van der Waals surface area contributed by atoms with E-state index >= 15 is 0 Å². The van der Waals surface area contributed by atoms with Crippen molar-refractivity contribution >= 4 is 0 Å². The Bertz CT molecular complexity index is 326. The lowest BCUT2D eigenvalue weighted by molar-refractivity contribution is 0.567. The van der Waals surface area contributed by atoms with Gasteiger partial charge in [0.25, 0.3) is 0 Å². The maximum Gasteiger partial charge on any atom is -0.0132 e. The summed E-state index contributed by atoms with van der Waals surface area (Å²) in [5, 5.41) is 0. The van der Waals surface area contributed by atoms with Crippen molar-refractivity contribution in [3.05, 3.63) is 34.9 Å². The van der Waals surface area contributed by atoms with Crippen LogP contribution in [-0.4, -0.2) is 0 Å². The van der Waals surface area contributed by atoms with Gasteiger partial charge in [-0.05, 0) is 33.9 Å². The molecule has 0 heterocycles. The quantitative estimate of drug-likeness (QED) is 0.632. The van der Waals surface area contributed by atoms with Crippen LogP contribution in [0.2, 0.25) is 0 Å². The second-order valence-electron chi connectivity index (χ2n) is 6.77. The topological polar surface area (TPSA) is 0 Å². The van der Waals surface area contributed by atoms with Gasteiger partial charge in [-0.2, -0.15) is 0 Å². The van der Waals surface area contributed by atoms with Crippen LogP contribution in [0.25, 0.3) is 0 Å². The monoisotopic (exact) mass is 218 g/mol. The molecule has 0 atom stereocenters. The Morgan fingerprint density at radius 2 is 1.12 bits per heavy atom. The third-order valence-electron chi connectivity index (χ3n) is 3.13. The first-order valence-corrected chi connectivity index (χ1v) is 6.29. The summed E-state index contributed by atoms with van der Waals surface area (Å²) in [5.41, 5.74) is 4.85. The fraction of sp³-hybridized carbons (Fsp3) is 0.625. The molecule has 0 nitrogen and oxygen atoms in total. The Balaban J connectivity index is 3.33. The van der Waals surface area contributed by atoms with E-state index in [1.165, 1.54) is 16.7 Å². The highest BCUT2D eigenvalue weighted by atomic mass is 14.2. The Morgan fingerprint density at radius 1 is 0.750 bits per heavy atom. The maximum atomic E-state index is 2.37. The van der Waals surface area contributed by atoms with Gasteiger partial charge >= 0.3 is 0 Å². The SMILES string of the molecule is CCc1cc(C(C)(C)C)cc(C(C)(C)C)c1. The summed E-state index contributed by atoms with van der Waals surface area (Å²) in [6.45, 7) is 15.9. The first-order chi connectivity index (χ1) is 7.14. The Morgan fingerprint density at radius 3 is 1.38 bits per heavy atom. The minimum absolute atomic E-state index is 0.241. The highest BCUT2D eigenvalue weighted by molar-refractivity contribution is 5.37. The average Bonchev–Trinajstić information content (AvgIpc) is 2.14. The molecule has 0 N–H and O–H groups in total. The van der Waals surface area contributed by atoms with Crippen molar-refractivity contribution < 1.29 is 0 Å². The fourth-order valence-electron chi connectivity index (χ4n) is 1.76. The molecule has 0 heteroatoms. The van der Waals surface area contributed by atoms with Crippen LogP contribution in [0.5, 0.6) is 0 Å². The fourth-order valence-corrected chi connectivity index (χ4v) is 1.76. The molecular weight excluding hydrogens is 192 g/mol. The summed E-state index contributed by atoms with van der Waals surface area (Å²) in [4.78, 5) is 0. The summed E-state index contributed by atoms with van der Waals surface area (Å²) in [6, 6.07) is 7.09. The lowest BCUT2D eigenvalue weighted by atomic mass is 9.79. The molecule has 16 heavy (non-hydrogen) atoms. The van der Waals surface area contributed by atoms with Gasteiger partial charge in [0.2, 0.25) is 0 Å². The van der Waals surface area contributed by atoms with Crippen molar-refractivity contribution in [2.24, 2.45) is 0 Å². The molecule has 0 saturated carbocycles. The number of benzene rings is 1. The minimum atomic E-state index is 0.241. The predicted octanol–water partition coefficient (Wildman–Crippen LogP) is 4.84. The van der Waals surface area contributed by atoms with Gasteiger partial charge in [0.15, 0.2) is 0 Å². The van der Waals surface area contributed by atoms with E-state index in [-0.39, 0.29) is 10.8 Å². The molecule has 0 aliphatic rings. The first-order valence-electron chi connectivity index (χ1n) is 6.29. The third kappa shape index (κ3) is 3.10. The van der Waals surface area contributed by atoms with Crippen LogP contribution in [0, 0.1) is 0 Å². The number of hydrogen-bond donors (Lipinski definition) is 0. The first kappa shape index (κ1) is 13.3. The number of rotatable bonds is 1. The molecule has 0 aliphatic heterocycles. The van der Waals surface area contributed by atoms with Crippen LogP contribution in [0.1, 0.15) is 65.2 Å². The van der Waals surface area contributed by atoms with Gasteiger partial charge in [0.05, 0.1) is 0 Å². The third-order valence-corrected chi connectivity index (χ3v) is 3.13. The van der Waals surface area contributed by atoms with Gasteiger partial charge in [0, 0.05) is 0 Å². The average molecular weight is 218 g/mol. The van der Waals surface area contributed by atoms with Crippen LogP contribution >= 0.6 is 0 Å². The van der Waals surface area contributed by atoms with Gasteiger partial charge in [-0.25, -0.2) is 0 Å². The molecule has 1 aromatic rings. The van der Waals surface area contributed by atoms with Gasteiger partial charge in [0.1, 0.15) is 0 Å². The van der Waals surface area contributed by atoms with E-state index in [2.05, 4.69) is 66.7 Å². The summed E-state index contributed by atoms with van der Waals surface area (Å²) in [6.07, 6.45) is 1.12. The van der Waals surface area contributed by atoms with Gasteiger partial charge in [-0.1, -0.05) is 66.7 Å². The highest BCUT2D eigenvalue weighted by Gasteiger charge is 2.19. The largest absolute Gasteiger partial charge is 0.0613 e. The van der Waals surface area contributed by atoms with E-state index in [4.69, 9.17) is 0 Å². The van der Waals surface area contributed by atoms with Crippen LogP contribution in [0.3, 0.4) is 0 Å². The van der Waals surface area contributed by atoms with Crippen LogP contribution < -0.4 is 0 Å². The second kappa shape index (κ2) is 4.24. The van der Waals surface area contributed by atoms with E-state index in [0.29, 0.717) is 0 Å². The summed E-state index contributed by atoms with van der Waals surface area (Å²) < 4.78 is 0. The van der Waals surface area contributed by atoms with Gasteiger partial charge in [-0.15, -0.1) is 0 Å². The van der Waals surface area contributed by atoms with E-state index < -0.39 is 0 Å². The summed E-state index contributed by atoms with van der Waals surface area (Å²) >= 11 is 0. The van der Waals surface area contributed by atoms with Crippen molar-refractivity contribution in [1.29, 1.82) is 0 Å². The molecule has 90 valence electrons. The van der Waals surface area contributed by atoms with Gasteiger partial charge < -0.3 is 0 Å². The smallest absolute Gasteiger partial charge is 0.0132 e. The molecular formula is C16H26. The zero-order valence-corrected chi connectivity index (χ0v) is 11.9. The molecule has 0 bridgehead atoms. The lowest BCUT2D eigenvalue weighted by Gasteiger charge is -2.26. The molecule has 1 rings (SSSR count). The predicted molar refractivity (Wildman–Crippen MR) is 73.2 cm³/mol. The molecule has 0 amide bonds. The van der Waals surface area contributed by atoms with E-state index in [1.54, 1.807) is 0 Å². The zero-order chi connectivity index (χ0) is 12.6. The molecule has 1 aromatic carbocycles. The normalized spacial score (nSPS) is 12.9. The van der Waals surface area contributed by atoms with E-state index in [0.717, 1.165) is 6.42 Å². The molecule has 0 unspecified atom stereocenters. The summed E-state index contributed by atoms with van der Waals surface area (Å²) in [7, 11) is 0. The number of hydrogen-bond acceptors (Lipinski definition) is 0. The van der Waals surface area contributed by atoms with Crippen molar-refractivity contribution in [3.8, 4) is 0 Å².